The van der Waals surface area contributed by atoms with E-state index in [1.807, 2.05) is 0 Å². The van der Waals surface area contributed by atoms with Crippen molar-refractivity contribution in [2.75, 3.05) is 11.9 Å². The maximum Gasteiger partial charge on any atom is 0.0516 e. The van der Waals surface area contributed by atoms with Crippen molar-refractivity contribution in [1.29, 1.82) is 0 Å². The lowest BCUT2D eigenvalue weighted by Gasteiger charge is -2.09. The molecule has 1 nitrogen and oxygen atoms in total. The summed E-state index contributed by atoms with van der Waals surface area (Å²) in [5, 5.41) is 3.79. The summed E-state index contributed by atoms with van der Waals surface area (Å²) in [7, 11) is 0. The number of benzene rings is 1. The third-order valence-electron chi connectivity index (χ3n) is 2.02. The molecule has 1 rings (SSSR count). The molecule has 0 aliphatic heterocycles. The van der Waals surface area contributed by atoms with Gasteiger partial charge in [-0.2, -0.15) is 0 Å². The second-order valence-electron chi connectivity index (χ2n) is 3.33. The highest BCUT2D eigenvalue weighted by Gasteiger charge is 2.02. The van der Waals surface area contributed by atoms with Gasteiger partial charge in [0, 0.05) is 20.7 Å². The van der Waals surface area contributed by atoms with Crippen LogP contribution in [0.4, 0.5) is 5.69 Å². The lowest BCUT2D eigenvalue weighted by atomic mass is 10.1. The fourth-order valence-corrected chi connectivity index (χ4v) is 1.65. The van der Waals surface area contributed by atoms with Crippen molar-refractivity contribution >= 4 is 44.8 Å². The standard InChI is InChI=1S/C11H12BrCl2N/c1-7-3-10(4-8(2)11(7)12)15-6-9(14)5-13/h3-5,15H,6H2,1-2H3/b9-5-. The Morgan fingerprint density at radius 1 is 1.40 bits per heavy atom. The van der Waals surface area contributed by atoms with Gasteiger partial charge in [-0.1, -0.05) is 39.1 Å². The molecule has 4 heteroatoms. The van der Waals surface area contributed by atoms with E-state index in [-0.39, 0.29) is 0 Å². The van der Waals surface area contributed by atoms with Crippen molar-refractivity contribution in [3.05, 3.63) is 38.3 Å². The van der Waals surface area contributed by atoms with Gasteiger partial charge in [-0.15, -0.1) is 0 Å². The zero-order valence-corrected chi connectivity index (χ0v) is 11.7. The Kier molecular flexibility index (Phi) is 4.97. The van der Waals surface area contributed by atoms with Crippen molar-refractivity contribution in [3.63, 3.8) is 0 Å². The van der Waals surface area contributed by atoms with E-state index in [4.69, 9.17) is 23.2 Å². The van der Waals surface area contributed by atoms with Crippen LogP contribution in [-0.4, -0.2) is 6.54 Å². The molecule has 0 aromatic heterocycles. The normalized spacial score (nSPS) is 11.7. The molecule has 0 atom stereocenters. The summed E-state index contributed by atoms with van der Waals surface area (Å²) < 4.78 is 1.15. The smallest absolute Gasteiger partial charge is 0.0516 e. The van der Waals surface area contributed by atoms with E-state index in [1.54, 1.807) is 0 Å². The molecule has 0 fully saturated rings. The summed E-state index contributed by atoms with van der Waals surface area (Å²) >= 11 is 14.8. The first-order valence-electron chi connectivity index (χ1n) is 4.50. The Balaban J connectivity index is 2.79. The van der Waals surface area contributed by atoms with Gasteiger partial charge in [-0.25, -0.2) is 0 Å². The van der Waals surface area contributed by atoms with Gasteiger partial charge in [0.2, 0.25) is 0 Å². The van der Waals surface area contributed by atoms with E-state index in [0.29, 0.717) is 11.6 Å². The summed E-state index contributed by atoms with van der Waals surface area (Å²) in [5.74, 6) is 0. The van der Waals surface area contributed by atoms with Crippen molar-refractivity contribution in [3.8, 4) is 0 Å². The van der Waals surface area contributed by atoms with E-state index in [1.165, 1.54) is 16.7 Å². The monoisotopic (exact) mass is 307 g/mol. The molecule has 82 valence electrons. The van der Waals surface area contributed by atoms with E-state index in [9.17, 15) is 0 Å². The van der Waals surface area contributed by atoms with Crippen molar-refractivity contribution < 1.29 is 0 Å². The Bertz CT molecular complexity index is 365. The lowest BCUT2D eigenvalue weighted by Crippen LogP contribution is -2.02. The minimum absolute atomic E-state index is 0.547. The third-order valence-corrected chi connectivity index (χ3v) is 3.88. The van der Waals surface area contributed by atoms with E-state index < -0.39 is 0 Å². The maximum absolute atomic E-state index is 5.78. The van der Waals surface area contributed by atoms with Gasteiger partial charge in [0.15, 0.2) is 0 Å². The highest BCUT2D eigenvalue weighted by atomic mass is 79.9. The average molecular weight is 309 g/mol. The summed E-state index contributed by atoms with van der Waals surface area (Å²) in [5.41, 5.74) is 4.81. The largest absolute Gasteiger partial charge is 0.380 e. The topological polar surface area (TPSA) is 12.0 Å². The van der Waals surface area contributed by atoms with Gasteiger partial charge in [0.05, 0.1) is 6.54 Å². The highest BCUT2D eigenvalue weighted by Crippen LogP contribution is 2.25. The Morgan fingerprint density at radius 2 is 1.93 bits per heavy atom. The summed E-state index contributed by atoms with van der Waals surface area (Å²) in [6.45, 7) is 4.66. The molecular formula is C11H12BrCl2N. The first-order chi connectivity index (χ1) is 7.04. The molecule has 0 aliphatic rings. The molecule has 0 saturated carbocycles. The van der Waals surface area contributed by atoms with Crippen LogP contribution < -0.4 is 5.32 Å². The SMILES string of the molecule is Cc1cc(NC/C(Cl)=C/Cl)cc(C)c1Br. The van der Waals surface area contributed by atoms with Gasteiger partial charge in [0.25, 0.3) is 0 Å². The van der Waals surface area contributed by atoms with Gasteiger partial charge in [-0.05, 0) is 37.1 Å². The van der Waals surface area contributed by atoms with Crippen molar-refractivity contribution in [2.24, 2.45) is 0 Å². The van der Waals surface area contributed by atoms with Gasteiger partial charge < -0.3 is 5.32 Å². The molecule has 0 amide bonds. The van der Waals surface area contributed by atoms with Crippen LogP contribution in [0.5, 0.6) is 0 Å². The number of anilines is 1. The van der Waals surface area contributed by atoms with Crippen LogP contribution in [-0.2, 0) is 0 Å². The van der Waals surface area contributed by atoms with Crippen LogP contribution in [0, 0.1) is 13.8 Å². The summed E-state index contributed by atoms with van der Waals surface area (Å²) in [6.07, 6.45) is 0. The lowest BCUT2D eigenvalue weighted by molar-refractivity contribution is 1.27. The number of rotatable bonds is 3. The minimum atomic E-state index is 0.547. The summed E-state index contributed by atoms with van der Waals surface area (Å²) in [4.78, 5) is 0. The number of halogens is 3. The average Bonchev–Trinajstić information content (AvgIpc) is 2.22. The van der Waals surface area contributed by atoms with Crippen LogP contribution >= 0.6 is 39.1 Å². The molecule has 0 heterocycles. The molecular weight excluding hydrogens is 297 g/mol. The van der Waals surface area contributed by atoms with Crippen LogP contribution in [0.3, 0.4) is 0 Å². The predicted octanol–water partition coefficient (Wildman–Crippen LogP) is 4.80. The molecule has 0 aliphatic carbocycles. The molecule has 0 radical (unpaired) electrons. The first-order valence-corrected chi connectivity index (χ1v) is 6.10. The fraction of sp³-hybridized carbons (Fsp3) is 0.273. The van der Waals surface area contributed by atoms with Gasteiger partial charge >= 0.3 is 0 Å². The number of hydrogen-bond acceptors (Lipinski definition) is 1. The van der Waals surface area contributed by atoms with Crippen LogP contribution in [0.2, 0.25) is 0 Å². The first kappa shape index (κ1) is 12.9. The maximum atomic E-state index is 5.78. The van der Waals surface area contributed by atoms with E-state index >= 15 is 0 Å². The van der Waals surface area contributed by atoms with E-state index in [2.05, 4.69) is 47.2 Å². The quantitative estimate of drug-likeness (QED) is 0.846. The van der Waals surface area contributed by atoms with Crippen molar-refractivity contribution in [2.45, 2.75) is 13.8 Å². The highest BCUT2D eigenvalue weighted by molar-refractivity contribution is 9.10. The Hall–Kier alpha value is -0.180. The summed E-state index contributed by atoms with van der Waals surface area (Å²) in [6, 6.07) is 4.13. The zero-order chi connectivity index (χ0) is 11.4. The molecule has 0 spiro atoms. The molecule has 1 N–H and O–H groups in total. The van der Waals surface area contributed by atoms with E-state index in [0.717, 1.165) is 10.2 Å². The van der Waals surface area contributed by atoms with Crippen LogP contribution in [0.1, 0.15) is 11.1 Å². The number of aryl methyl sites for hydroxylation is 2. The zero-order valence-electron chi connectivity index (χ0n) is 8.57. The third kappa shape index (κ3) is 3.71. The minimum Gasteiger partial charge on any atom is -0.380 e. The molecule has 1 aromatic rings. The second-order valence-corrected chi connectivity index (χ2v) is 4.83. The molecule has 1 aromatic carbocycles. The van der Waals surface area contributed by atoms with Crippen LogP contribution in [0.25, 0.3) is 0 Å². The van der Waals surface area contributed by atoms with Crippen molar-refractivity contribution in [1.82, 2.24) is 0 Å². The molecule has 0 bridgehead atoms. The van der Waals surface area contributed by atoms with Gasteiger partial charge in [0.1, 0.15) is 0 Å². The second kappa shape index (κ2) is 5.78. The number of hydrogen-bond donors (Lipinski definition) is 1. The Morgan fingerprint density at radius 3 is 2.40 bits per heavy atom. The number of nitrogens with one attached hydrogen (secondary N) is 1. The Labute approximate surface area is 109 Å². The predicted molar refractivity (Wildman–Crippen MR) is 71.9 cm³/mol. The molecule has 0 unspecified atom stereocenters. The fourth-order valence-electron chi connectivity index (χ4n) is 1.27. The van der Waals surface area contributed by atoms with Crippen LogP contribution in [0.15, 0.2) is 27.2 Å². The van der Waals surface area contributed by atoms with Gasteiger partial charge in [-0.3, -0.25) is 0 Å². The molecule has 0 saturated heterocycles. The molecule has 15 heavy (non-hydrogen) atoms.